The number of nitrogens with one attached hydrogen (secondary N) is 1. The molecule has 4 rings (SSSR count). The summed E-state index contributed by atoms with van der Waals surface area (Å²) in [5.74, 6) is 0.911. The van der Waals surface area contributed by atoms with Gasteiger partial charge in [0.1, 0.15) is 5.75 Å². The number of hydrogen-bond acceptors (Lipinski definition) is 3. The summed E-state index contributed by atoms with van der Waals surface area (Å²) in [6, 6.07) is 7.94. The van der Waals surface area contributed by atoms with Crippen LogP contribution in [0.2, 0.25) is 0 Å². The number of aromatic nitrogens is 2. The lowest BCUT2D eigenvalue weighted by atomic mass is 9.74. The molecule has 1 atom stereocenters. The highest BCUT2D eigenvalue weighted by atomic mass is 16.5. The summed E-state index contributed by atoms with van der Waals surface area (Å²) in [6.45, 7) is 4.52. The molecule has 0 radical (unpaired) electrons. The average molecular weight is 365 g/mol. The molecule has 0 spiro atoms. The zero-order valence-electron chi connectivity index (χ0n) is 16.3. The van der Waals surface area contributed by atoms with Crippen molar-refractivity contribution in [2.45, 2.75) is 52.0 Å². The lowest BCUT2D eigenvalue weighted by Crippen LogP contribution is -2.37. The van der Waals surface area contributed by atoms with Gasteiger partial charge in [-0.1, -0.05) is 19.9 Å². The Kier molecular flexibility index (Phi) is 4.54. The number of allylic oxidation sites excluding steroid dienone is 1. The molecule has 0 unspecified atom stereocenters. The number of benzene rings is 1. The first-order valence-corrected chi connectivity index (χ1v) is 9.68. The van der Waals surface area contributed by atoms with Crippen molar-refractivity contribution in [1.29, 1.82) is 0 Å². The molecule has 2 aromatic rings. The van der Waals surface area contributed by atoms with Gasteiger partial charge in [0.15, 0.2) is 0 Å². The molecule has 2 aliphatic rings. The molecule has 1 heterocycles. The van der Waals surface area contributed by atoms with E-state index in [9.17, 15) is 4.79 Å². The third-order valence-electron chi connectivity index (χ3n) is 5.63. The fourth-order valence-electron chi connectivity index (χ4n) is 4.25. The quantitative estimate of drug-likeness (QED) is 0.887. The molecule has 1 aromatic carbocycles. The Morgan fingerprint density at radius 2 is 2.07 bits per heavy atom. The number of fused-ring (bicyclic) bond motifs is 1. The first-order chi connectivity index (χ1) is 13.0. The minimum absolute atomic E-state index is 0.00440. The van der Waals surface area contributed by atoms with Gasteiger partial charge >= 0.3 is 0 Å². The van der Waals surface area contributed by atoms with Crippen molar-refractivity contribution in [2.75, 3.05) is 7.11 Å². The molecule has 5 nitrogen and oxygen atoms in total. The molecular weight excluding hydrogens is 338 g/mol. The number of ether oxygens (including phenoxy) is 1. The Bertz CT molecular complexity index is 877. The van der Waals surface area contributed by atoms with Crippen LogP contribution in [0.15, 0.2) is 42.1 Å². The Hall–Kier alpha value is -2.56. The highest BCUT2D eigenvalue weighted by Crippen LogP contribution is 2.41. The molecule has 27 heavy (non-hydrogen) atoms. The van der Waals surface area contributed by atoms with Crippen molar-refractivity contribution in [3.05, 3.63) is 53.4 Å². The molecule has 142 valence electrons. The average Bonchev–Trinajstić information content (AvgIpc) is 3.31. The molecule has 0 saturated heterocycles. The van der Waals surface area contributed by atoms with E-state index in [1.165, 1.54) is 5.69 Å². The van der Waals surface area contributed by atoms with E-state index < -0.39 is 0 Å². The standard InChI is InChI=1S/C22H27N3O2/c1-22(2)12-19(24-21(26)15-6-4-5-7-15)18-14-23-25(20(18)13-22)16-8-10-17(27-3)11-9-16/h6,8-11,14,19H,4-5,7,12-13H2,1-3H3,(H,24,26)/t19-/m1/s1. The largest absolute Gasteiger partial charge is 0.497 e. The second-order valence-electron chi connectivity index (χ2n) is 8.35. The van der Waals surface area contributed by atoms with Crippen molar-refractivity contribution >= 4 is 5.91 Å². The molecule has 0 aliphatic heterocycles. The van der Waals surface area contributed by atoms with E-state index in [4.69, 9.17) is 4.74 Å². The lowest BCUT2D eigenvalue weighted by Gasteiger charge is -2.36. The number of carbonyl (C=O) groups excluding carboxylic acids is 1. The second-order valence-corrected chi connectivity index (χ2v) is 8.35. The van der Waals surface area contributed by atoms with Gasteiger partial charge in [-0.25, -0.2) is 4.68 Å². The highest BCUT2D eigenvalue weighted by Gasteiger charge is 2.36. The van der Waals surface area contributed by atoms with Crippen LogP contribution in [0.5, 0.6) is 5.75 Å². The third kappa shape index (κ3) is 3.51. The van der Waals surface area contributed by atoms with Crippen LogP contribution in [0.3, 0.4) is 0 Å². The Morgan fingerprint density at radius 3 is 2.74 bits per heavy atom. The predicted octanol–water partition coefficient (Wildman–Crippen LogP) is 4.12. The number of amides is 1. The fraction of sp³-hybridized carbons (Fsp3) is 0.455. The topological polar surface area (TPSA) is 56.1 Å². The Labute approximate surface area is 160 Å². The van der Waals surface area contributed by atoms with Crippen molar-refractivity contribution in [3.8, 4) is 11.4 Å². The zero-order chi connectivity index (χ0) is 19.0. The van der Waals surface area contributed by atoms with Crippen molar-refractivity contribution < 1.29 is 9.53 Å². The summed E-state index contributed by atoms with van der Waals surface area (Å²) in [6.07, 6.45) is 8.84. The van der Waals surface area contributed by atoms with Crippen LogP contribution in [0, 0.1) is 5.41 Å². The van der Waals surface area contributed by atoms with Crippen LogP contribution in [0.25, 0.3) is 5.69 Å². The van der Waals surface area contributed by atoms with Crippen molar-refractivity contribution in [2.24, 2.45) is 5.41 Å². The number of nitrogens with zero attached hydrogens (tertiary/aromatic N) is 2. The van der Waals surface area contributed by atoms with Gasteiger partial charge in [-0.3, -0.25) is 4.79 Å². The summed E-state index contributed by atoms with van der Waals surface area (Å²) >= 11 is 0. The molecule has 0 bridgehead atoms. The van der Waals surface area contributed by atoms with E-state index in [1.807, 2.05) is 35.1 Å². The first kappa shape index (κ1) is 17.8. The minimum Gasteiger partial charge on any atom is -0.497 e. The molecule has 1 N–H and O–H groups in total. The normalized spacial score (nSPS) is 20.7. The van der Waals surface area contributed by atoms with Crippen LogP contribution in [-0.4, -0.2) is 22.8 Å². The predicted molar refractivity (Wildman–Crippen MR) is 105 cm³/mol. The Morgan fingerprint density at radius 1 is 1.30 bits per heavy atom. The smallest absolute Gasteiger partial charge is 0.247 e. The minimum atomic E-state index is 0.00440. The van der Waals surface area contributed by atoms with Gasteiger partial charge in [0, 0.05) is 11.1 Å². The molecule has 1 aromatic heterocycles. The summed E-state index contributed by atoms with van der Waals surface area (Å²) in [5, 5.41) is 7.93. The SMILES string of the molecule is COc1ccc(-n2ncc3c2CC(C)(C)C[C@H]3NC(=O)C2=CCCC2)cc1. The van der Waals surface area contributed by atoms with Crippen LogP contribution in [-0.2, 0) is 11.2 Å². The monoisotopic (exact) mass is 365 g/mol. The molecule has 2 aliphatic carbocycles. The second kappa shape index (κ2) is 6.87. The van der Waals surface area contributed by atoms with Gasteiger partial charge in [-0.2, -0.15) is 5.10 Å². The summed E-state index contributed by atoms with van der Waals surface area (Å²) in [7, 11) is 1.67. The third-order valence-corrected chi connectivity index (χ3v) is 5.63. The number of rotatable bonds is 4. The van der Waals surface area contributed by atoms with E-state index in [2.05, 4.69) is 30.3 Å². The molecule has 0 fully saturated rings. The van der Waals surface area contributed by atoms with E-state index in [1.54, 1.807) is 7.11 Å². The van der Waals surface area contributed by atoms with Gasteiger partial charge in [-0.05, 0) is 61.8 Å². The van der Waals surface area contributed by atoms with Crippen LogP contribution in [0.4, 0.5) is 0 Å². The highest BCUT2D eigenvalue weighted by molar-refractivity contribution is 5.94. The number of carbonyl (C=O) groups is 1. The maximum Gasteiger partial charge on any atom is 0.247 e. The van der Waals surface area contributed by atoms with Crippen molar-refractivity contribution in [1.82, 2.24) is 15.1 Å². The van der Waals surface area contributed by atoms with Crippen LogP contribution in [0.1, 0.15) is 56.8 Å². The molecule has 1 amide bonds. The van der Waals surface area contributed by atoms with E-state index in [0.717, 1.165) is 54.7 Å². The summed E-state index contributed by atoms with van der Waals surface area (Å²) < 4.78 is 7.26. The van der Waals surface area contributed by atoms with Gasteiger partial charge < -0.3 is 10.1 Å². The van der Waals surface area contributed by atoms with Crippen LogP contribution < -0.4 is 10.1 Å². The van der Waals surface area contributed by atoms with Gasteiger partial charge in [0.05, 0.1) is 30.7 Å². The number of methoxy groups -OCH3 is 1. The fourth-order valence-corrected chi connectivity index (χ4v) is 4.25. The summed E-state index contributed by atoms with van der Waals surface area (Å²) in [4.78, 5) is 12.7. The van der Waals surface area contributed by atoms with Crippen LogP contribution >= 0.6 is 0 Å². The van der Waals surface area contributed by atoms with Crippen molar-refractivity contribution in [3.63, 3.8) is 0 Å². The Balaban J connectivity index is 1.65. The van der Waals surface area contributed by atoms with Gasteiger partial charge in [0.2, 0.25) is 5.91 Å². The molecule has 0 saturated carbocycles. The van der Waals surface area contributed by atoms with Gasteiger partial charge in [0.25, 0.3) is 0 Å². The van der Waals surface area contributed by atoms with E-state index in [0.29, 0.717) is 0 Å². The first-order valence-electron chi connectivity index (χ1n) is 9.68. The maximum atomic E-state index is 12.7. The maximum absolute atomic E-state index is 12.7. The lowest BCUT2D eigenvalue weighted by molar-refractivity contribution is -0.118. The van der Waals surface area contributed by atoms with E-state index in [-0.39, 0.29) is 17.4 Å². The van der Waals surface area contributed by atoms with E-state index >= 15 is 0 Å². The molecule has 5 heteroatoms. The molecular formula is C22H27N3O2. The zero-order valence-corrected chi connectivity index (χ0v) is 16.3. The number of hydrogen-bond donors (Lipinski definition) is 1. The summed E-state index contributed by atoms with van der Waals surface area (Å²) in [5.41, 5.74) is 4.36. The van der Waals surface area contributed by atoms with Gasteiger partial charge in [-0.15, -0.1) is 0 Å².